The summed E-state index contributed by atoms with van der Waals surface area (Å²) in [6.07, 6.45) is 3.39. The highest BCUT2D eigenvalue weighted by Gasteiger charge is 2.69. The molecule has 4 saturated heterocycles. The van der Waals surface area contributed by atoms with E-state index in [0.717, 1.165) is 65.9 Å². The smallest absolute Gasteiger partial charge is 0.355 e. The summed E-state index contributed by atoms with van der Waals surface area (Å²) in [6, 6.07) is 11.1. The monoisotopic (exact) mass is 965 g/mol. The third-order valence-electron chi connectivity index (χ3n) is 14.3. The van der Waals surface area contributed by atoms with E-state index in [1.165, 1.54) is 7.11 Å². The first-order valence-corrected chi connectivity index (χ1v) is 20.1. The number of aromatic nitrogens is 1. The minimum absolute atomic E-state index is 0. The number of likely N-dealkylation sites (N-methyl/N-ethyl adjacent to an activating group) is 1. The van der Waals surface area contributed by atoms with Gasteiger partial charge in [-0.05, 0) is 44.0 Å². The average Bonchev–Trinajstić information content (AvgIpc) is 3.78. The summed E-state index contributed by atoms with van der Waals surface area (Å²) in [6.45, 7) is 15.1. The molecule has 1 spiro atoms. The second-order valence-corrected chi connectivity index (χ2v) is 17.6. The lowest BCUT2D eigenvalue weighted by Crippen LogP contribution is -3.00. The van der Waals surface area contributed by atoms with Gasteiger partial charge < -0.3 is 83.7 Å². The number of aromatic amines is 1. The van der Waals surface area contributed by atoms with Crippen LogP contribution in [0, 0.1) is 29.6 Å². The zero-order valence-electron chi connectivity index (χ0n) is 33.6. The number of rotatable bonds is 8. The first-order chi connectivity index (χ1) is 26.3. The van der Waals surface area contributed by atoms with Crippen LogP contribution in [0.25, 0.3) is 0 Å². The molecule has 312 valence electrons. The molecule has 9 rings (SSSR count). The Morgan fingerprint density at radius 2 is 1.74 bits per heavy atom. The Morgan fingerprint density at radius 1 is 1.04 bits per heavy atom. The number of hydrogen-bond donors (Lipinski definition) is 2. The number of carbonyl (C=O) groups excluding carboxylic acids is 3. The van der Waals surface area contributed by atoms with Crippen LogP contribution in [0.4, 0.5) is 0 Å². The molecule has 2 aromatic rings. The number of piperazine rings is 3. The van der Waals surface area contributed by atoms with Crippen molar-refractivity contribution >= 4 is 17.9 Å². The van der Waals surface area contributed by atoms with E-state index in [4.69, 9.17) is 23.7 Å². The summed E-state index contributed by atoms with van der Waals surface area (Å²) < 4.78 is 33.5. The molecule has 2 aliphatic carbocycles. The fourth-order valence-corrected chi connectivity index (χ4v) is 10.9. The minimum atomic E-state index is -1.01. The lowest BCUT2D eigenvalue weighted by Gasteiger charge is -2.54. The number of methoxy groups -OCH3 is 1. The van der Waals surface area contributed by atoms with E-state index in [1.807, 2.05) is 51.1 Å². The maximum Gasteiger partial charge on any atom is 0.355 e. The van der Waals surface area contributed by atoms with Crippen LogP contribution in [0.2, 0.25) is 0 Å². The number of cyclic esters (lactones) is 1. The highest BCUT2D eigenvalue weighted by Crippen LogP contribution is 2.61. The number of quaternary nitrogens is 2. The number of hydrogen-bond acceptors (Lipinski definition) is 9. The SMILES string of the molecule is CO[C@H]1CC2C=C[C@H]3[C@@H]4O[C@]2(/C(C)=C\[C@@H](C)[C@@H]([C@@H](C)OC(=O)c2ccccc2C[N+]25CC[N+](C)(CC2)CC5)OC1=O)[C@@H]3[C@H](O)[C@@H](C)[C@H]4OC(=O)c1ccc[nH]1.[Br-].[I-]. The maximum absolute atomic E-state index is 14.0. The third kappa shape index (κ3) is 7.70. The van der Waals surface area contributed by atoms with Crippen LogP contribution >= 0.6 is 0 Å². The van der Waals surface area contributed by atoms with Crippen molar-refractivity contribution in [2.24, 2.45) is 29.6 Å². The topological polar surface area (TPSA) is 133 Å². The van der Waals surface area contributed by atoms with Crippen molar-refractivity contribution in [2.75, 3.05) is 53.4 Å². The van der Waals surface area contributed by atoms with Crippen LogP contribution in [0.3, 0.4) is 0 Å². The van der Waals surface area contributed by atoms with Gasteiger partial charge in [0, 0.05) is 48.5 Å². The highest BCUT2D eigenvalue weighted by molar-refractivity contribution is 5.91. The fraction of sp³-hybridized carbons (Fsp3) is 0.605. The Labute approximate surface area is 363 Å². The molecule has 1 aromatic heterocycles. The van der Waals surface area contributed by atoms with E-state index in [0.29, 0.717) is 11.3 Å². The van der Waals surface area contributed by atoms with Gasteiger partial charge in [-0.1, -0.05) is 50.3 Å². The summed E-state index contributed by atoms with van der Waals surface area (Å²) >= 11 is 0. The van der Waals surface area contributed by atoms with E-state index in [1.54, 1.807) is 25.3 Å². The number of esters is 3. The molecule has 6 bridgehead atoms. The number of fused-ring (bicyclic) bond motifs is 3. The zero-order valence-corrected chi connectivity index (χ0v) is 37.4. The molecule has 14 heteroatoms. The van der Waals surface area contributed by atoms with Gasteiger partial charge in [-0.2, -0.15) is 0 Å². The summed E-state index contributed by atoms with van der Waals surface area (Å²) in [5.74, 6) is -3.25. The molecule has 57 heavy (non-hydrogen) atoms. The number of benzene rings is 1. The first kappa shape index (κ1) is 44.0. The van der Waals surface area contributed by atoms with Crippen LogP contribution in [0.1, 0.15) is 60.5 Å². The van der Waals surface area contributed by atoms with Gasteiger partial charge in [0.05, 0.1) is 18.7 Å². The molecule has 5 fully saturated rings. The minimum Gasteiger partial charge on any atom is -1.00 e. The van der Waals surface area contributed by atoms with Gasteiger partial charge in [0.25, 0.3) is 0 Å². The van der Waals surface area contributed by atoms with Gasteiger partial charge in [0.2, 0.25) is 0 Å². The van der Waals surface area contributed by atoms with Gasteiger partial charge in [0.1, 0.15) is 81.5 Å². The molecule has 1 unspecified atom stereocenters. The quantitative estimate of drug-likeness (QED) is 0.102. The molecule has 0 radical (unpaired) electrons. The van der Waals surface area contributed by atoms with Gasteiger partial charge in [-0.3, -0.25) is 0 Å². The number of aliphatic hydroxyl groups is 1. The summed E-state index contributed by atoms with van der Waals surface area (Å²) in [4.78, 5) is 44.1. The van der Waals surface area contributed by atoms with Crippen molar-refractivity contribution in [3.8, 4) is 0 Å². The van der Waals surface area contributed by atoms with E-state index in [2.05, 4.69) is 24.2 Å². The van der Waals surface area contributed by atoms with E-state index >= 15 is 0 Å². The molecular formula is C43H57BrIN3O9. The maximum atomic E-state index is 14.0. The summed E-state index contributed by atoms with van der Waals surface area (Å²) in [5.41, 5.74) is 1.71. The number of carbonyl (C=O) groups is 3. The van der Waals surface area contributed by atoms with Crippen molar-refractivity contribution in [1.29, 1.82) is 0 Å². The number of halogens is 2. The second kappa shape index (κ2) is 16.8. The second-order valence-electron chi connectivity index (χ2n) is 17.6. The fourth-order valence-electron chi connectivity index (χ4n) is 10.9. The van der Waals surface area contributed by atoms with Crippen molar-refractivity contribution in [3.63, 3.8) is 0 Å². The van der Waals surface area contributed by atoms with Crippen LogP contribution < -0.4 is 41.0 Å². The average molecular weight is 967 g/mol. The van der Waals surface area contributed by atoms with Gasteiger partial charge in [-0.15, -0.1) is 0 Å². The van der Waals surface area contributed by atoms with Crippen molar-refractivity contribution in [1.82, 2.24) is 4.98 Å². The molecule has 7 aliphatic rings. The molecule has 0 amide bonds. The molecular weight excluding hydrogens is 909 g/mol. The Morgan fingerprint density at radius 3 is 2.40 bits per heavy atom. The van der Waals surface area contributed by atoms with Crippen molar-refractivity contribution in [2.45, 2.75) is 82.9 Å². The predicted octanol–water partition coefficient (Wildman–Crippen LogP) is -1.94. The lowest BCUT2D eigenvalue weighted by atomic mass is 9.57. The van der Waals surface area contributed by atoms with Crippen molar-refractivity contribution in [3.05, 3.63) is 83.2 Å². The zero-order chi connectivity index (χ0) is 38.9. The van der Waals surface area contributed by atoms with Gasteiger partial charge in [-0.25, -0.2) is 14.4 Å². The van der Waals surface area contributed by atoms with Crippen LogP contribution in [-0.4, -0.2) is 133 Å². The van der Waals surface area contributed by atoms with Gasteiger partial charge >= 0.3 is 17.9 Å². The predicted molar refractivity (Wildman–Crippen MR) is 201 cm³/mol. The lowest BCUT2D eigenvalue weighted by molar-refractivity contribution is -1.08. The number of nitrogens with one attached hydrogen (secondary N) is 1. The number of aliphatic hydroxyl groups excluding tert-OH is 1. The Bertz CT molecular complexity index is 1850. The summed E-state index contributed by atoms with van der Waals surface area (Å²) in [5, 5.41) is 12.1. The van der Waals surface area contributed by atoms with E-state index in [-0.39, 0.29) is 65.1 Å². The van der Waals surface area contributed by atoms with E-state index < -0.39 is 72.0 Å². The first-order valence-electron chi connectivity index (χ1n) is 20.1. The number of nitrogens with zero attached hydrogens (tertiary/aromatic N) is 2. The molecule has 1 aromatic carbocycles. The molecule has 1 saturated carbocycles. The highest BCUT2D eigenvalue weighted by atomic mass is 127. The molecule has 5 aliphatic heterocycles. The normalized spacial score (nSPS) is 40.5. The van der Waals surface area contributed by atoms with Gasteiger partial charge in [0.15, 0.2) is 6.10 Å². The largest absolute Gasteiger partial charge is 1.00 e. The van der Waals surface area contributed by atoms with Crippen LogP contribution in [0.15, 0.2) is 66.4 Å². The molecule has 2 N–H and O–H groups in total. The molecule has 12 atom stereocenters. The number of H-pyrrole nitrogens is 1. The molecule has 6 heterocycles. The number of ether oxygens (including phenoxy) is 5. The van der Waals surface area contributed by atoms with Crippen LogP contribution in [0.5, 0.6) is 0 Å². The third-order valence-corrected chi connectivity index (χ3v) is 14.3. The Hall–Kier alpha value is -2.60. The standard InChI is InChI=1S/C43H56N3O9.BrH.HI/c1-25-22-26(2)43-30(13-14-32-35(43)36(47)27(3)38(39(32)55-43)54-41(49)33-12-9-15-44-33)23-34(51-6)42(50)53-37(25)28(4)52-40(48)31-11-8-7-10-29(31)24-46-19-16-45(5,17-20-46)18-21-46;;/h7-15,22,25,27-28,30,32,34-39,47H,16-21,23-24H2,1-6H3;2*1H/q+1;;/p-1/b26-22-;;/t25-,27-,28-,30?,32-,34+,35+,36-,37+,38-,39+,43+,45?,46?;;/m1../s1. The van der Waals surface area contributed by atoms with E-state index in [9.17, 15) is 19.5 Å². The van der Waals surface area contributed by atoms with Crippen LogP contribution in [-0.2, 0) is 35.0 Å². The molecule has 12 nitrogen and oxygen atoms in total. The Balaban J connectivity index is 0.00000275. The summed E-state index contributed by atoms with van der Waals surface area (Å²) in [7, 11) is 3.83. The Kier molecular flexibility index (Phi) is 13.0. The van der Waals surface area contributed by atoms with Crippen molar-refractivity contribution < 1.29 is 93.1 Å².